The minimum absolute atomic E-state index is 0.0312. The van der Waals surface area contributed by atoms with E-state index in [2.05, 4.69) is 9.97 Å². The smallest absolute Gasteiger partial charge is 0.417 e. The summed E-state index contributed by atoms with van der Waals surface area (Å²) in [5, 5.41) is -0.568. The van der Waals surface area contributed by atoms with Gasteiger partial charge in [-0.05, 0) is 42.3 Å². The standard InChI is InChI=1S/C21H16ClF5N2O3/c1-2-12-10-28-20(29-19(12)30)31-6-5-11-7-16(23)18(17(24)8-11)32-13-3-4-15(22)14(9-13)21(25,26)27/h3-4,7-10H,2,5-6H2,1H3,(H,28,29,30). The van der Waals surface area contributed by atoms with Crippen molar-refractivity contribution in [2.24, 2.45) is 0 Å². The molecule has 0 saturated heterocycles. The van der Waals surface area contributed by atoms with Gasteiger partial charge in [-0.1, -0.05) is 18.5 Å². The van der Waals surface area contributed by atoms with Crippen molar-refractivity contribution in [1.29, 1.82) is 0 Å². The van der Waals surface area contributed by atoms with E-state index in [4.69, 9.17) is 21.1 Å². The molecule has 1 aromatic heterocycles. The summed E-state index contributed by atoms with van der Waals surface area (Å²) in [6.45, 7) is 1.76. The third-order valence-electron chi connectivity index (χ3n) is 4.38. The second kappa shape index (κ2) is 9.56. The summed E-state index contributed by atoms with van der Waals surface area (Å²) >= 11 is 5.52. The summed E-state index contributed by atoms with van der Waals surface area (Å²) < 4.78 is 77.9. The number of aromatic nitrogens is 2. The summed E-state index contributed by atoms with van der Waals surface area (Å²) in [5.41, 5.74) is -0.937. The van der Waals surface area contributed by atoms with Crippen molar-refractivity contribution in [3.63, 3.8) is 0 Å². The molecule has 5 nitrogen and oxygen atoms in total. The molecule has 3 rings (SSSR count). The zero-order valence-corrected chi connectivity index (χ0v) is 17.3. The summed E-state index contributed by atoms with van der Waals surface area (Å²) in [5.74, 6) is -3.50. The predicted molar refractivity (Wildman–Crippen MR) is 106 cm³/mol. The molecule has 0 aliphatic carbocycles. The molecule has 1 heterocycles. The van der Waals surface area contributed by atoms with Crippen LogP contribution < -0.4 is 15.0 Å². The maximum atomic E-state index is 14.4. The Bertz CT molecular complexity index is 1160. The van der Waals surface area contributed by atoms with Crippen molar-refractivity contribution in [2.45, 2.75) is 25.9 Å². The molecule has 0 radical (unpaired) electrons. The van der Waals surface area contributed by atoms with Gasteiger partial charge in [0.15, 0.2) is 17.4 Å². The van der Waals surface area contributed by atoms with E-state index in [0.29, 0.717) is 18.1 Å². The van der Waals surface area contributed by atoms with E-state index in [-0.39, 0.29) is 24.6 Å². The lowest BCUT2D eigenvalue weighted by atomic mass is 10.1. The van der Waals surface area contributed by atoms with Crippen LogP contribution in [0.25, 0.3) is 0 Å². The molecule has 3 aromatic rings. The van der Waals surface area contributed by atoms with Crippen LogP contribution in [0.5, 0.6) is 17.5 Å². The monoisotopic (exact) mass is 474 g/mol. The van der Waals surface area contributed by atoms with Crippen LogP contribution in [0, 0.1) is 11.6 Å². The molecule has 1 N–H and O–H groups in total. The van der Waals surface area contributed by atoms with Crippen LogP contribution in [0.4, 0.5) is 22.0 Å². The molecule has 0 atom stereocenters. The number of ether oxygens (including phenoxy) is 2. The van der Waals surface area contributed by atoms with Crippen molar-refractivity contribution in [3.05, 3.63) is 80.2 Å². The quantitative estimate of drug-likeness (QED) is 0.446. The van der Waals surface area contributed by atoms with Crippen LogP contribution in [0.1, 0.15) is 23.6 Å². The molecule has 0 aliphatic heterocycles. The zero-order chi connectivity index (χ0) is 23.5. The van der Waals surface area contributed by atoms with Crippen LogP contribution in [-0.2, 0) is 19.0 Å². The van der Waals surface area contributed by atoms with Gasteiger partial charge >= 0.3 is 6.18 Å². The number of rotatable bonds is 7. The van der Waals surface area contributed by atoms with Crippen LogP contribution >= 0.6 is 11.6 Å². The van der Waals surface area contributed by atoms with Gasteiger partial charge in [-0.25, -0.2) is 8.78 Å². The first-order valence-electron chi connectivity index (χ1n) is 9.32. The van der Waals surface area contributed by atoms with Crippen LogP contribution in [0.15, 0.2) is 41.3 Å². The Morgan fingerprint density at radius 2 is 1.81 bits per heavy atom. The first-order chi connectivity index (χ1) is 15.1. The van der Waals surface area contributed by atoms with Gasteiger partial charge in [-0.3, -0.25) is 4.79 Å². The number of hydrogen-bond acceptors (Lipinski definition) is 4. The fourth-order valence-corrected chi connectivity index (χ4v) is 2.98. The number of aryl methyl sites for hydroxylation is 1. The fourth-order valence-electron chi connectivity index (χ4n) is 2.76. The van der Waals surface area contributed by atoms with Crippen LogP contribution in [0.2, 0.25) is 5.02 Å². The number of halogens is 6. The Labute approximate surface area is 183 Å². The van der Waals surface area contributed by atoms with Crippen molar-refractivity contribution in [3.8, 4) is 17.5 Å². The maximum Gasteiger partial charge on any atom is 0.417 e. The van der Waals surface area contributed by atoms with Gasteiger partial charge in [0.1, 0.15) is 5.75 Å². The molecule has 32 heavy (non-hydrogen) atoms. The highest BCUT2D eigenvalue weighted by atomic mass is 35.5. The number of alkyl halides is 3. The Morgan fingerprint density at radius 1 is 1.12 bits per heavy atom. The third kappa shape index (κ3) is 5.56. The zero-order valence-electron chi connectivity index (χ0n) is 16.5. The van der Waals surface area contributed by atoms with E-state index in [0.717, 1.165) is 24.3 Å². The number of H-pyrrole nitrogens is 1. The lowest BCUT2D eigenvalue weighted by molar-refractivity contribution is -0.137. The topological polar surface area (TPSA) is 64.2 Å². The Morgan fingerprint density at radius 3 is 2.41 bits per heavy atom. The van der Waals surface area contributed by atoms with Crippen molar-refractivity contribution >= 4 is 11.6 Å². The third-order valence-corrected chi connectivity index (χ3v) is 4.71. The lowest BCUT2D eigenvalue weighted by Crippen LogP contribution is -2.15. The Hall–Kier alpha value is -3.14. The second-order valence-electron chi connectivity index (χ2n) is 6.62. The number of nitrogens with one attached hydrogen (secondary N) is 1. The van der Waals surface area contributed by atoms with Crippen LogP contribution in [0.3, 0.4) is 0 Å². The summed E-state index contributed by atoms with van der Waals surface area (Å²) in [7, 11) is 0. The molecule has 0 bridgehead atoms. The van der Waals surface area contributed by atoms with E-state index in [1.165, 1.54) is 6.20 Å². The minimum atomic E-state index is -4.76. The first kappa shape index (κ1) is 23.5. The molecule has 0 spiro atoms. The van der Waals surface area contributed by atoms with E-state index >= 15 is 0 Å². The molecule has 0 unspecified atom stereocenters. The number of benzene rings is 2. The van der Waals surface area contributed by atoms with Gasteiger partial charge in [0, 0.05) is 18.2 Å². The molecule has 0 aliphatic rings. The highest BCUT2D eigenvalue weighted by Gasteiger charge is 2.33. The molecule has 0 saturated carbocycles. The van der Waals surface area contributed by atoms with Gasteiger partial charge in [0.25, 0.3) is 11.6 Å². The largest absolute Gasteiger partial charge is 0.464 e. The highest BCUT2D eigenvalue weighted by Crippen LogP contribution is 2.38. The molecule has 2 aromatic carbocycles. The fraction of sp³-hybridized carbons (Fsp3) is 0.238. The lowest BCUT2D eigenvalue weighted by Gasteiger charge is -2.13. The Balaban J connectivity index is 1.70. The van der Waals surface area contributed by atoms with Gasteiger partial charge < -0.3 is 14.5 Å². The minimum Gasteiger partial charge on any atom is -0.464 e. The SMILES string of the molecule is CCc1c[nH]c(OCCc2cc(F)c(Oc3ccc(Cl)c(C(F)(F)F)c3)c(F)c2)nc1=O. The summed E-state index contributed by atoms with van der Waals surface area (Å²) in [4.78, 5) is 18.1. The normalized spacial score (nSPS) is 11.5. The van der Waals surface area contributed by atoms with Crippen molar-refractivity contribution in [2.75, 3.05) is 6.61 Å². The second-order valence-corrected chi connectivity index (χ2v) is 7.03. The van der Waals surface area contributed by atoms with Crippen molar-refractivity contribution < 1.29 is 31.4 Å². The average Bonchev–Trinajstić information content (AvgIpc) is 2.71. The Kier molecular flexibility index (Phi) is 7.02. The number of hydrogen-bond donors (Lipinski definition) is 1. The highest BCUT2D eigenvalue weighted by molar-refractivity contribution is 6.31. The molecule has 0 fully saturated rings. The molecule has 170 valence electrons. The van der Waals surface area contributed by atoms with Gasteiger partial charge in [-0.15, -0.1) is 0 Å². The maximum absolute atomic E-state index is 14.4. The summed E-state index contributed by atoms with van der Waals surface area (Å²) in [6, 6.07) is 4.46. The van der Waals surface area contributed by atoms with Crippen molar-refractivity contribution in [1.82, 2.24) is 9.97 Å². The van der Waals surface area contributed by atoms with Crippen LogP contribution in [-0.4, -0.2) is 16.6 Å². The van der Waals surface area contributed by atoms with E-state index in [1.807, 2.05) is 0 Å². The van der Waals surface area contributed by atoms with E-state index < -0.39 is 45.5 Å². The molecular formula is C21H16ClF5N2O3. The van der Waals surface area contributed by atoms with E-state index in [9.17, 15) is 26.7 Å². The number of aromatic amines is 1. The average molecular weight is 475 g/mol. The van der Waals surface area contributed by atoms with Gasteiger partial charge in [0.2, 0.25) is 0 Å². The van der Waals surface area contributed by atoms with E-state index in [1.54, 1.807) is 6.92 Å². The van der Waals surface area contributed by atoms with Gasteiger partial charge in [0.05, 0.1) is 17.2 Å². The summed E-state index contributed by atoms with van der Waals surface area (Å²) in [6.07, 6.45) is -2.72. The first-order valence-corrected chi connectivity index (χ1v) is 9.70. The molecule has 11 heteroatoms. The van der Waals surface area contributed by atoms with Gasteiger partial charge in [-0.2, -0.15) is 18.2 Å². The molecule has 0 amide bonds. The predicted octanol–water partition coefficient (Wildman–Crippen LogP) is 5.70. The number of nitrogens with zero attached hydrogens (tertiary/aromatic N) is 1. The molecular weight excluding hydrogens is 459 g/mol.